The van der Waals surface area contributed by atoms with Crippen molar-refractivity contribution in [3.63, 3.8) is 0 Å². The molecule has 0 spiro atoms. The first-order valence-corrected chi connectivity index (χ1v) is 11.3. The van der Waals surface area contributed by atoms with E-state index in [4.69, 9.17) is 20.5 Å². The lowest BCUT2D eigenvalue weighted by molar-refractivity contribution is 0.420. The second kappa shape index (κ2) is 9.07. The van der Waals surface area contributed by atoms with Gasteiger partial charge in [-0.2, -0.15) is 5.26 Å². The van der Waals surface area contributed by atoms with Crippen LogP contribution in [0.1, 0.15) is 36.7 Å². The highest BCUT2D eigenvalue weighted by Gasteiger charge is 2.22. The summed E-state index contributed by atoms with van der Waals surface area (Å²) < 4.78 is 11.3. The summed E-state index contributed by atoms with van der Waals surface area (Å²) in [5.74, 6) is 0.726. The zero-order valence-electron chi connectivity index (χ0n) is 17.6. The molecule has 1 atom stereocenters. The van der Waals surface area contributed by atoms with Crippen LogP contribution >= 0.6 is 23.4 Å². The summed E-state index contributed by atoms with van der Waals surface area (Å²) in [6, 6.07) is 8.89. The molecule has 3 heterocycles. The molecule has 0 aliphatic rings. The maximum atomic E-state index is 13.5. The Hall–Kier alpha value is -3.28. The summed E-state index contributed by atoms with van der Waals surface area (Å²) in [6.45, 7) is 5.85. The number of nitriles is 1. The molecule has 0 amide bonds. The van der Waals surface area contributed by atoms with Crippen LogP contribution in [0.3, 0.4) is 0 Å². The number of pyridine rings is 1. The van der Waals surface area contributed by atoms with Crippen molar-refractivity contribution in [3.8, 4) is 17.2 Å². The lowest BCUT2D eigenvalue weighted by Gasteiger charge is -2.19. The largest absolute Gasteiger partial charge is 0.449 e. The third kappa shape index (κ3) is 4.09. The van der Waals surface area contributed by atoms with Crippen molar-refractivity contribution in [3.05, 3.63) is 68.9 Å². The number of nitrogens with zero attached hydrogens (tertiary/aromatic N) is 3. The fraction of sp³-hybridized carbons (Fsp3) is 0.217. The quantitative estimate of drug-likeness (QED) is 0.274. The number of benzene rings is 1. The number of anilines is 1. The zero-order chi connectivity index (χ0) is 22.8. The molecule has 4 rings (SSSR count). The molecule has 162 valence electrons. The highest BCUT2D eigenvalue weighted by atomic mass is 35.5. The van der Waals surface area contributed by atoms with Gasteiger partial charge in [0.25, 0.3) is 0 Å². The van der Waals surface area contributed by atoms with E-state index >= 15 is 0 Å². The first-order chi connectivity index (χ1) is 15.4. The summed E-state index contributed by atoms with van der Waals surface area (Å²) >= 11 is 7.36. The number of nitrogens with one attached hydrogen (secondary N) is 1. The van der Waals surface area contributed by atoms with E-state index < -0.39 is 0 Å². The van der Waals surface area contributed by atoms with E-state index in [2.05, 4.69) is 21.5 Å². The number of aromatic nitrogens is 2. The van der Waals surface area contributed by atoms with Gasteiger partial charge >= 0.3 is 0 Å². The van der Waals surface area contributed by atoms with E-state index in [0.29, 0.717) is 32.9 Å². The smallest absolute Gasteiger partial charge is 0.201 e. The molecule has 7 nitrogen and oxygen atoms in total. The molecule has 0 radical (unpaired) electrons. The van der Waals surface area contributed by atoms with Crippen molar-refractivity contribution in [2.45, 2.75) is 31.9 Å². The van der Waals surface area contributed by atoms with Gasteiger partial charge < -0.3 is 14.3 Å². The average Bonchev–Trinajstić information content (AvgIpc) is 3.29. The van der Waals surface area contributed by atoms with Crippen molar-refractivity contribution in [1.29, 1.82) is 5.26 Å². The molecule has 0 aliphatic heterocycles. The van der Waals surface area contributed by atoms with Gasteiger partial charge in [-0.1, -0.05) is 41.5 Å². The Kier molecular flexibility index (Phi) is 6.21. The molecule has 0 aliphatic carbocycles. The van der Waals surface area contributed by atoms with E-state index in [1.807, 2.05) is 32.9 Å². The van der Waals surface area contributed by atoms with Crippen LogP contribution in [0.15, 0.2) is 55.6 Å². The summed E-state index contributed by atoms with van der Waals surface area (Å²) in [6.07, 6.45) is 2.95. The number of thioether (sulfide) groups is 1. The number of hydrogen-bond acceptors (Lipinski definition) is 8. The minimum Gasteiger partial charge on any atom is -0.449 e. The molecule has 0 bridgehead atoms. The standard InChI is InChI=1S/C23H19ClN4O3S/c1-4-32-23-20(14-10-26-30-11-14)21(29)16-8-12(2)7-15(22(16)31-23)13(3)27-17-5-6-19(24)28-18(17)9-25/h5-8,10-11,13,27H,4H2,1-3H3/t13-/m1/s1. The van der Waals surface area contributed by atoms with Crippen LogP contribution < -0.4 is 10.7 Å². The molecule has 4 aromatic rings. The maximum absolute atomic E-state index is 13.5. The predicted octanol–water partition coefficient (Wildman–Crippen LogP) is 5.96. The fourth-order valence-corrected chi connectivity index (χ4v) is 4.44. The molecule has 32 heavy (non-hydrogen) atoms. The van der Waals surface area contributed by atoms with Gasteiger partial charge in [-0.15, -0.1) is 0 Å². The molecule has 9 heteroatoms. The van der Waals surface area contributed by atoms with Crippen LogP contribution in [0.5, 0.6) is 0 Å². The maximum Gasteiger partial charge on any atom is 0.201 e. The average molecular weight is 467 g/mol. The summed E-state index contributed by atoms with van der Waals surface area (Å²) in [5, 5.41) is 17.7. The summed E-state index contributed by atoms with van der Waals surface area (Å²) in [7, 11) is 0. The second-order valence-electron chi connectivity index (χ2n) is 7.18. The zero-order valence-corrected chi connectivity index (χ0v) is 19.2. The number of rotatable bonds is 6. The minimum absolute atomic E-state index is 0.145. The van der Waals surface area contributed by atoms with Crippen molar-refractivity contribution in [2.75, 3.05) is 11.1 Å². The first kappa shape index (κ1) is 21.9. The lowest BCUT2D eigenvalue weighted by atomic mass is 9.99. The van der Waals surface area contributed by atoms with Crippen LogP contribution in [0.2, 0.25) is 5.15 Å². The Morgan fingerprint density at radius 1 is 1.34 bits per heavy atom. The predicted molar refractivity (Wildman–Crippen MR) is 125 cm³/mol. The van der Waals surface area contributed by atoms with Crippen molar-refractivity contribution in [2.24, 2.45) is 0 Å². The Morgan fingerprint density at radius 2 is 2.16 bits per heavy atom. The van der Waals surface area contributed by atoms with E-state index in [0.717, 1.165) is 16.9 Å². The third-order valence-corrected chi connectivity index (χ3v) is 5.98. The van der Waals surface area contributed by atoms with Crippen LogP contribution in [-0.4, -0.2) is 15.9 Å². The van der Waals surface area contributed by atoms with Gasteiger partial charge in [0.2, 0.25) is 5.43 Å². The molecule has 0 saturated heterocycles. The fourth-order valence-electron chi connectivity index (χ4n) is 3.53. The van der Waals surface area contributed by atoms with Crippen molar-refractivity contribution < 1.29 is 8.94 Å². The van der Waals surface area contributed by atoms with Gasteiger partial charge in [0.1, 0.15) is 23.1 Å². The molecule has 3 aromatic heterocycles. The van der Waals surface area contributed by atoms with Gasteiger partial charge in [-0.25, -0.2) is 4.98 Å². The minimum atomic E-state index is -0.281. The first-order valence-electron chi connectivity index (χ1n) is 9.90. The highest BCUT2D eigenvalue weighted by Crippen LogP contribution is 2.35. The number of halogens is 1. The molecule has 1 N–H and O–H groups in total. The summed E-state index contributed by atoms with van der Waals surface area (Å²) in [5.41, 5.74) is 3.82. The van der Waals surface area contributed by atoms with E-state index in [1.165, 1.54) is 24.2 Å². The lowest BCUT2D eigenvalue weighted by Crippen LogP contribution is -2.13. The van der Waals surface area contributed by atoms with Gasteiger partial charge in [0, 0.05) is 11.1 Å². The highest BCUT2D eigenvalue weighted by molar-refractivity contribution is 7.99. The van der Waals surface area contributed by atoms with Gasteiger partial charge in [-0.3, -0.25) is 4.79 Å². The Balaban J connectivity index is 1.89. The number of aryl methyl sites for hydroxylation is 1. The van der Waals surface area contributed by atoms with Crippen LogP contribution in [-0.2, 0) is 0 Å². The third-order valence-electron chi connectivity index (χ3n) is 4.93. The number of hydrogen-bond donors (Lipinski definition) is 1. The topological polar surface area (TPSA) is 105 Å². The van der Waals surface area contributed by atoms with Gasteiger partial charge in [-0.05, 0) is 43.4 Å². The molecular formula is C23H19ClN4O3S. The van der Waals surface area contributed by atoms with Crippen molar-refractivity contribution in [1.82, 2.24) is 10.1 Å². The summed E-state index contributed by atoms with van der Waals surface area (Å²) in [4.78, 5) is 17.6. The molecule has 1 aromatic carbocycles. The van der Waals surface area contributed by atoms with E-state index in [9.17, 15) is 10.1 Å². The Bertz CT molecular complexity index is 1390. The molecule has 0 fully saturated rings. The van der Waals surface area contributed by atoms with Crippen molar-refractivity contribution >= 4 is 40.0 Å². The van der Waals surface area contributed by atoms with Crippen LogP contribution in [0, 0.1) is 18.3 Å². The SMILES string of the molecule is CCSc1oc2c([C@@H](C)Nc3ccc(Cl)nc3C#N)cc(C)cc2c(=O)c1-c1cnoc1. The second-order valence-corrected chi connectivity index (χ2v) is 8.80. The molecule has 0 unspecified atom stereocenters. The monoisotopic (exact) mass is 466 g/mol. The van der Waals surface area contributed by atoms with Gasteiger partial charge in [0.05, 0.1) is 28.9 Å². The van der Waals surface area contributed by atoms with Gasteiger partial charge in [0.15, 0.2) is 10.8 Å². The molecular weight excluding hydrogens is 448 g/mol. The normalized spacial score (nSPS) is 12.0. The van der Waals surface area contributed by atoms with Crippen LogP contribution in [0.25, 0.3) is 22.1 Å². The van der Waals surface area contributed by atoms with E-state index in [-0.39, 0.29) is 22.3 Å². The molecule has 0 saturated carbocycles. The Morgan fingerprint density at radius 3 is 2.84 bits per heavy atom. The van der Waals surface area contributed by atoms with E-state index in [1.54, 1.807) is 12.1 Å². The number of fused-ring (bicyclic) bond motifs is 1. The Labute approximate surface area is 193 Å². The van der Waals surface area contributed by atoms with Crippen LogP contribution in [0.4, 0.5) is 5.69 Å².